The van der Waals surface area contributed by atoms with E-state index < -0.39 is 10.6 Å². The van der Waals surface area contributed by atoms with Crippen LogP contribution >= 0.6 is 25.3 Å². The van der Waals surface area contributed by atoms with Crippen LogP contribution in [0.15, 0.2) is 12.2 Å². The summed E-state index contributed by atoms with van der Waals surface area (Å²) in [5.74, 6) is 1.38. The quantitative estimate of drug-likeness (QED) is 0.225. The van der Waals surface area contributed by atoms with E-state index in [0.29, 0.717) is 6.54 Å². The molecule has 0 aromatic carbocycles. The molecule has 0 aromatic rings. The minimum atomic E-state index is -0.467. The van der Waals surface area contributed by atoms with Crippen LogP contribution in [0.4, 0.5) is 0 Å². The first-order chi connectivity index (χ1) is 9.35. The highest BCUT2D eigenvalue weighted by atomic mass is 32.2. The Morgan fingerprint density at radius 2 is 2.05 bits per heavy atom. The summed E-state index contributed by atoms with van der Waals surface area (Å²) in [6.07, 6.45) is 8.95. The molecule has 0 radical (unpaired) electrons. The summed E-state index contributed by atoms with van der Waals surface area (Å²) in [5.41, 5.74) is 0. The lowest BCUT2D eigenvalue weighted by molar-refractivity contribution is -0.117. The number of likely N-dealkylation sites (N-methyl/N-ethyl adjacent to an activating group) is 1. The zero-order valence-electron chi connectivity index (χ0n) is 11.7. The fourth-order valence-corrected chi connectivity index (χ4v) is 1.61. The summed E-state index contributed by atoms with van der Waals surface area (Å²) in [4.78, 5) is 24.3. The Morgan fingerprint density at radius 1 is 1.40 bits per heavy atom. The normalized spacial score (nSPS) is 12.4. The molecule has 112 valence electrons. The maximum atomic E-state index is 11.3. The van der Waals surface area contributed by atoms with Crippen molar-refractivity contribution in [1.82, 2.24) is 15.5 Å². The third-order valence-electron chi connectivity index (χ3n) is 2.41. The van der Waals surface area contributed by atoms with Gasteiger partial charge in [-0.15, -0.1) is 31.7 Å². The largest absolute Gasteiger partial charge is 0.343 e. The number of hydrogen-bond acceptors (Lipinski definition) is 5. The van der Waals surface area contributed by atoms with Crippen molar-refractivity contribution >= 4 is 37.1 Å². The van der Waals surface area contributed by atoms with Gasteiger partial charge in [-0.3, -0.25) is 9.59 Å². The molecule has 0 saturated carbocycles. The number of hydrogen-bond donors (Lipinski definition) is 4. The average Bonchev–Trinajstić information content (AvgIpc) is 2.35. The molecule has 0 aromatic heterocycles. The summed E-state index contributed by atoms with van der Waals surface area (Å²) in [7, 11) is 1.93. The highest BCUT2D eigenvalue weighted by molar-refractivity contribution is 7.99. The van der Waals surface area contributed by atoms with Crippen molar-refractivity contribution in [3.8, 4) is 12.3 Å². The SMILES string of the molecule is C#CC(=O)NC(C)CCN(C)C/C=C/C(=O)NC(S)S. The molecule has 7 heteroatoms. The molecule has 1 unspecified atom stereocenters. The number of amides is 2. The molecule has 5 nitrogen and oxygen atoms in total. The molecule has 0 bridgehead atoms. The van der Waals surface area contributed by atoms with Gasteiger partial charge in [-0.1, -0.05) is 6.08 Å². The standard InChI is InChI=1S/C13H21N3O2S2/c1-4-11(17)14-10(2)7-9-16(3)8-5-6-12(18)15-13(19)20/h1,5-6,10,13,19-20H,7-9H2,2-3H3,(H,14,17)(H,15,18)/b6-5+. The van der Waals surface area contributed by atoms with Gasteiger partial charge in [0.1, 0.15) is 4.71 Å². The summed E-state index contributed by atoms with van der Waals surface area (Å²) >= 11 is 7.86. The average molecular weight is 315 g/mol. The first kappa shape index (κ1) is 18.9. The van der Waals surface area contributed by atoms with Gasteiger partial charge in [0.25, 0.3) is 5.91 Å². The zero-order valence-corrected chi connectivity index (χ0v) is 13.5. The Bertz CT molecular complexity index is 392. The van der Waals surface area contributed by atoms with Gasteiger partial charge >= 0.3 is 0 Å². The van der Waals surface area contributed by atoms with Gasteiger partial charge in [-0.05, 0) is 26.3 Å². The summed E-state index contributed by atoms with van der Waals surface area (Å²) in [6.45, 7) is 3.30. The van der Waals surface area contributed by atoms with Crippen LogP contribution in [0.2, 0.25) is 0 Å². The molecule has 0 aliphatic carbocycles. The third kappa shape index (κ3) is 10.8. The van der Waals surface area contributed by atoms with Gasteiger partial charge < -0.3 is 15.5 Å². The van der Waals surface area contributed by atoms with Gasteiger partial charge in [0.05, 0.1) is 0 Å². The zero-order chi connectivity index (χ0) is 15.5. The fourth-order valence-electron chi connectivity index (χ4n) is 1.36. The third-order valence-corrected chi connectivity index (χ3v) is 2.67. The number of carbonyl (C=O) groups is 2. The Balaban J connectivity index is 3.86. The van der Waals surface area contributed by atoms with E-state index in [0.717, 1.165) is 13.0 Å². The minimum Gasteiger partial charge on any atom is -0.343 e. The van der Waals surface area contributed by atoms with Crippen LogP contribution in [-0.2, 0) is 9.59 Å². The van der Waals surface area contributed by atoms with Crippen molar-refractivity contribution in [2.24, 2.45) is 0 Å². The molecular formula is C13H21N3O2S2. The van der Waals surface area contributed by atoms with E-state index in [9.17, 15) is 9.59 Å². The number of nitrogens with one attached hydrogen (secondary N) is 2. The van der Waals surface area contributed by atoms with Crippen LogP contribution in [0.25, 0.3) is 0 Å². The molecule has 0 aliphatic rings. The number of thiol groups is 2. The van der Waals surface area contributed by atoms with Gasteiger partial charge in [0.2, 0.25) is 5.91 Å². The second-order valence-corrected chi connectivity index (χ2v) is 5.79. The Labute approximate surface area is 131 Å². The molecule has 0 saturated heterocycles. The lowest BCUT2D eigenvalue weighted by Gasteiger charge is -2.18. The van der Waals surface area contributed by atoms with Crippen molar-refractivity contribution in [2.75, 3.05) is 20.1 Å². The number of nitrogens with zero attached hydrogens (tertiary/aromatic N) is 1. The molecule has 1 atom stereocenters. The molecule has 0 fully saturated rings. The van der Waals surface area contributed by atoms with Crippen LogP contribution in [0, 0.1) is 12.3 Å². The summed E-state index contributed by atoms with van der Waals surface area (Å²) in [6, 6.07) is 0.0161. The van der Waals surface area contributed by atoms with Crippen molar-refractivity contribution in [2.45, 2.75) is 24.1 Å². The maximum absolute atomic E-state index is 11.3. The molecule has 0 rings (SSSR count). The smallest absolute Gasteiger partial charge is 0.295 e. The predicted molar refractivity (Wildman–Crippen MR) is 87.6 cm³/mol. The van der Waals surface area contributed by atoms with Gasteiger partial charge in [-0.2, -0.15) is 0 Å². The van der Waals surface area contributed by atoms with Crippen LogP contribution in [-0.4, -0.2) is 47.6 Å². The maximum Gasteiger partial charge on any atom is 0.295 e. The van der Waals surface area contributed by atoms with Gasteiger partial charge in [0.15, 0.2) is 0 Å². The van der Waals surface area contributed by atoms with Crippen molar-refractivity contribution in [1.29, 1.82) is 0 Å². The van der Waals surface area contributed by atoms with Gasteiger partial charge in [-0.25, -0.2) is 0 Å². The van der Waals surface area contributed by atoms with E-state index >= 15 is 0 Å². The molecular weight excluding hydrogens is 294 g/mol. The van der Waals surface area contributed by atoms with Crippen molar-refractivity contribution in [3.63, 3.8) is 0 Å². The van der Waals surface area contributed by atoms with E-state index in [1.165, 1.54) is 6.08 Å². The highest BCUT2D eigenvalue weighted by Gasteiger charge is 2.06. The van der Waals surface area contributed by atoms with E-state index in [1.54, 1.807) is 6.08 Å². The Hall–Kier alpha value is -1.10. The second kappa shape index (κ2) is 10.7. The van der Waals surface area contributed by atoms with E-state index in [-0.39, 0.29) is 11.9 Å². The molecule has 0 heterocycles. The second-order valence-electron chi connectivity index (χ2n) is 4.35. The molecule has 0 spiro atoms. The van der Waals surface area contributed by atoms with Crippen LogP contribution in [0.1, 0.15) is 13.3 Å². The van der Waals surface area contributed by atoms with Crippen molar-refractivity contribution in [3.05, 3.63) is 12.2 Å². The lowest BCUT2D eigenvalue weighted by Crippen LogP contribution is -2.34. The van der Waals surface area contributed by atoms with E-state index in [1.807, 2.05) is 24.8 Å². The van der Waals surface area contributed by atoms with Crippen LogP contribution in [0.3, 0.4) is 0 Å². The van der Waals surface area contributed by atoms with E-state index in [4.69, 9.17) is 6.42 Å². The highest BCUT2D eigenvalue weighted by Crippen LogP contribution is 1.96. The molecule has 2 amide bonds. The van der Waals surface area contributed by atoms with Gasteiger partial charge in [0, 0.05) is 25.2 Å². The predicted octanol–water partition coefficient (Wildman–Crippen LogP) is 0.262. The lowest BCUT2D eigenvalue weighted by atomic mass is 10.2. The monoisotopic (exact) mass is 315 g/mol. The first-order valence-electron chi connectivity index (χ1n) is 6.14. The number of terminal acetylenes is 1. The minimum absolute atomic E-state index is 0.0161. The van der Waals surface area contributed by atoms with Crippen molar-refractivity contribution < 1.29 is 9.59 Å². The van der Waals surface area contributed by atoms with Crippen LogP contribution in [0.5, 0.6) is 0 Å². The summed E-state index contributed by atoms with van der Waals surface area (Å²) < 4.78 is -0.467. The topological polar surface area (TPSA) is 61.4 Å². The molecule has 20 heavy (non-hydrogen) atoms. The first-order valence-corrected chi connectivity index (χ1v) is 7.17. The molecule has 2 N–H and O–H groups in total. The van der Waals surface area contributed by atoms with Crippen LogP contribution < -0.4 is 10.6 Å². The fraction of sp³-hybridized carbons (Fsp3) is 0.538. The van der Waals surface area contributed by atoms with E-state index in [2.05, 4.69) is 35.9 Å². The summed E-state index contributed by atoms with van der Waals surface area (Å²) in [5, 5.41) is 5.19. The Kier molecular flexibility index (Phi) is 10.1. The number of carbonyl (C=O) groups excluding carboxylic acids is 2. The molecule has 0 aliphatic heterocycles. The Morgan fingerprint density at radius 3 is 2.60 bits per heavy atom. The number of rotatable bonds is 8.